The van der Waals surface area contributed by atoms with Crippen LogP contribution in [-0.2, 0) is 15.6 Å². The van der Waals surface area contributed by atoms with Crippen LogP contribution < -0.4 is 5.32 Å². The summed E-state index contributed by atoms with van der Waals surface area (Å²) in [6.07, 6.45) is 4.57. The summed E-state index contributed by atoms with van der Waals surface area (Å²) in [6.45, 7) is 2.18. The van der Waals surface area contributed by atoms with Gasteiger partial charge in [0.25, 0.3) is 5.91 Å². The van der Waals surface area contributed by atoms with Crippen molar-refractivity contribution in [2.75, 3.05) is 0 Å². The third-order valence-corrected chi connectivity index (χ3v) is 6.81. The quantitative estimate of drug-likeness (QED) is 0.865. The van der Waals surface area contributed by atoms with Crippen molar-refractivity contribution in [2.45, 2.75) is 49.3 Å². The number of benzene rings is 2. The van der Waals surface area contributed by atoms with E-state index in [9.17, 15) is 13.2 Å². The van der Waals surface area contributed by atoms with Crippen molar-refractivity contribution in [3.63, 3.8) is 0 Å². The molecule has 3 rings (SSSR count). The van der Waals surface area contributed by atoms with E-state index in [0.717, 1.165) is 19.3 Å². The number of carbonyl (C=O) groups excluding carboxylic acids is 1. The van der Waals surface area contributed by atoms with E-state index < -0.39 is 9.84 Å². The predicted molar refractivity (Wildman–Crippen MR) is 103 cm³/mol. The summed E-state index contributed by atoms with van der Waals surface area (Å²) in [5.74, 6) is 0.350. The van der Waals surface area contributed by atoms with Gasteiger partial charge in [0, 0.05) is 11.6 Å². The number of rotatable bonds is 5. The Morgan fingerprint density at radius 3 is 2.31 bits per heavy atom. The van der Waals surface area contributed by atoms with Crippen molar-refractivity contribution < 1.29 is 13.2 Å². The summed E-state index contributed by atoms with van der Waals surface area (Å²) in [6, 6.07) is 15.5. The van der Waals surface area contributed by atoms with Gasteiger partial charge in [-0.15, -0.1) is 0 Å². The third kappa shape index (κ3) is 4.52. The molecule has 0 heterocycles. The molecule has 0 aromatic heterocycles. The van der Waals surface area contributed by atoms with Gasteiger partial charge in [-0.25, -0.2) is 8.42 Å². The molecule has 0 aliphatic heterocycles. The maximum absolute atomic E-state index is 12.4. The van der Waals surface area contributed by atoms with Crippen LogP contribution in [0.2, 0.25) is 0 Å². The van der Waals surface area contributed by atoms with Gasteiger partial charge in [0.05, 0.1) is 10.6 Å². The second kappa shape index (κ2) is 8.04. The molecule has 26 heavy (non-hydrogen) atoms. The van der Waals surface area contributed by atoms with Crippen molar-refractivity contribution in [1.29, 1.82) is 0 Å². The van der Waals surface area contributed by atoms with E-state index in [2.05, 4.69) is 12.2 Å². The van der Waals surface area contributed by atoms with Gasteiger partial charge in [0.2, 0.25) is 0 Å². The minimum Gasteiger partial charge on any atom is -0.349 e. The molecule has 138 valence electrons. The number of nitrogens with one attached hydrogen (secondary N) is 1. The monoisotopic (exact) mass is 371 g/mol. The van der Waals surface area contributed by atoms with Crippen LogP contribution in [0.4, 0.5) is 0 Å². The van der Waals surface area contributed by atoms with Gasteiger partial charge in [0.1, 0.15) is 0 Å². The van der Waals surface area contributed by atoms with E-state index >= 15 is 0 Å². The van der Waals surface area contributed by atoms with E-state index in [1.165, 1.54) is 6.42 Å². The fourth-order valence-corrected chi connectivity index (χ4v) is 4.84. The van der Waals surface area contributed by atoms with Crippen LogP contribution in [0, 0.1) is 5.92 Å². The Morgan fingerprint density at radius 1 is 1.00 bits per heavy atom. The summed E-state index contributed by atoms with van der Waals surface area (Å²) in [5, 5.41) is 3.12. The first-order valence-electron chi connectivity index (χ1n) is 9.13. The molecule has 0 radical (unpaired) electrons. The van der Waals surface area contributed by atoms with Crippen LogP contribution in [0.1, 0.15) is 48.5 Å². The Kier molecular flexibility index (Phi) is 5.77. The lowest BCUT2D eigenvalue weighted by Crippen LogP contribution is -2.41. The summed E-state index contributed by atoms with van der Waals surface area (Å²) in [5.41, 5.74) is 1.25. The zero-order valence-corrected chi connectivity index (χ0v) is 15.8. The molecule has 0 bridgehead atoms. The molecule has 5 heteroatoms. The molecule has 1 saturated carbocycles. The highest BCUT2D eigenvalue weighted by Gasteiger charge is 2.23. The topological polar surface area (TPSA) is 63.2 Å². The molecule has 1 amide bonds. The largest absolute Gasteiger partial charge is 0.349 e. The van der Waals surface area contributed by atoms with Crippen LogP contribution in [0.15, 0.2) is 59.5 Å². The number of sulfone groups is 1. The van der Waals surface area contributed by atoms with E-state index in [-0.39, 0.29) is 17.7 Å². The number of hydrogen-bond acceptors (Lipinski definition) is 3. The first-order chi connectivity index (χ1) is 12.5. The SMILES string of the molecule is CC1CCCCC1NC(=O)c1ccc(CS(=O)(=O)c2ccccc2)cc1. The lowest BCUT2D eigenvalue weighted by molar-refractivity contribution is 0.0910. The Morgan fingerprint density at radius 2 is 1.65 bits per heavy atom. The molecule has 1 aliphatic carbocycles. The zero-order chi connectivity index (χ0) is 18.6. The lowest BCUT2D eigenvalue weighted by atomic mass is 9.86. The van der Waals surface area contributed by atoms with Crippen molar-refractivity contribution in [3.05, 3.63) is 65.7 Å². The van der Waals surface area contributed by atoms with Gasteiger partial charge in [0.15, 0.2) is 9.84 Å². The second-order valence-corrected chi connectivity index (χ2v) is 9.10. The molecule has 4 nitrogen and oxygen atoms in total. The van der Waals surface area contributed by atoms with E-state index in [0.29, 0.717) is 21.9 Å². The smallest absolute Gasteiger partial charge is 0.251 e. The average Bonchev–Trinajstić information content (AvgIpc) is 2.64. The highest BCUT2D eigenvalue weighted by molar-refractivity contribution is 7.90. The second-order valence-electron chi connectivity index (χ2n) is 7.11. The van der Waals surface area contributed by atoms with E-state index in [1.807, 2.05) is 0 Å². The first-order valence-corrected chi connectivity index (χ1v) is 10.8. The molecule has 0 saturated heterocycles. The number of hydrogen-bond donors (Lipinski definition) is 1. The molecule has 1 fully saturated rings. The maximum atomic E-state index is 12.4. The van der Waals surface area contributed by atoms with Crippen molar-refractivity contribution in [2.24, 2.45) is 5.92 Å². The summed E-state index contributed by atoms with van der Waals surface area (Å²) in [4.78, 5) is 12.8. The molecule has 0 spiro atoms. The molecular weight excluding hydrogens is 346 g/mol. The molecule has 2 aromatic carbocycles. The highest BCUT2D eigenvalue weighted by Crippen LogP contribution is 2.24. The minimum atomic E-state index is -3.38. The Labute approximate surface area is 155 Å². The fraction of sp³-hybridized carbons (Fsp3) is 0.381. The van der Waals surface area contributed by atoms with Gasteiger partial charge in [-0.3, -0.25) is 4.79 Å². The maximum Gasteiger partial charge on any atom is 0.251 e. The van der Waals surface area contributed by atoms with Crippen LogP contribution in [0.5, 0.6) is 0 Å². The number of carbonyl (C=O) groups is 1. The Bertz CT molecular complexity index is 845. The van der Waals surface area contributed by atoms with Gasteiger partial charge in [-0.05, 0) is 48.6 Å². The highest BCUT2D eigenvalue weighted by atomic mass is 32.2. The van der Waals surface area contributed by atoms with Crippen molar-refractivity contribution in [1.82, 2.24) is 5.32 Å². The minimum absolute atomic E-state index is 0.0709. The van der Waals surface area contributed by atoms with Crippen molar-refractivity contribution >= 4 is 15.7 Å². The van der Waals surface area contributed by atoms with Crippen molar-refractivity contribution in [3.8, 4) is 0 Å². The molecule has 2 aromatic rings. The fourth-order valence-electron chi connectivity index (χ4n) is 3.47. The van der Waals surface area contributed by atoms with Gasteiger partial charge in [-0.1, -0.05) is 50.1 Å². The normalized spacial score (nSPS) is 20.5. The molecule has 2 unspecified atom stereocenters. The van der Waals surface area contributed by atoms with E-state index in [1.54, 1.807) is 54.6 Å². The summed E-state index contributed by atoms with van der Waals surface area (Å²) in [7, 11) is -3.38. The van der Waals surface area contributed by atoms with E-state index in [4.69, 9.17) is 0 Å². The third-order valence-electron chi connectivity index (χ3n) is 5.10. The van der Waals surface area contributed by atoms with Crippen LogP contribution >= 0.6 is 0 Å². The van der Waals surface area contributed by atoms with Crippen LogP contribution in [0.3, 0.4) is 0 Å². The molecule has 2 atom stereocenters. The van der Waals surface area contributed by atoms with Gasteiger partial charge < -0.3 is 5.32 Å². The molecule has 1 N–H and O–H groups in total. The molecule has 1 aliphatic rings. The average molecular weight is 372 g/mol. The Hall–Kier alpha value is -2.14. The van der Waals surface area contributed by atoms with Gasteiger partial charge >= 0.3 is 0 Å². The summed E-state index contributed by atoms with van der Waals surface area (Å²) < 4.78 is 24.9. The van der Waals surface area contributed by atoms with Crippen LogP contribution in [0.25, 0.3) is 0 Å². The summed E-state index contributed by atoms with van der Waals surface area (Å²) >= 11 is 0. The molecular formula is C21H25NO3S. The number of amides is 1. The lowest BCUT2D eigenvalue weighted by Gasteiger charge is -2.29. The zero-order valence-electron chi connectivity index (χ0n) is 15.0. The Balaban J connectivity index is 1.65. The predicted octanol–water partition coefficient (Wildman–Crippen LogP) is 3.97. The first kappa shape index (κ1) is 18.6. The van der Waals surface area contributed by atoms with Gasteiger partial charge in [-0.2, -0.15) is 0 Å². The van der Waals surface area contributed by atoms with Crippen LogP contribution in [-0.4, -0.2) is 20.4 Å². The standard InChI is InChI=1S/C21H25NO3S/c1-16-7-5-6-10-20(16)22-21(23)18-13-11-17(12-14-18)15-26(24,25)19-8-3-2-4-9-19/h2-4,8-9,11-14,16,20H,5-7,10,15H2,1H3,(H,22,23).